The van der Waals surface area contributed by atoms with Crippen molar-refractivity contribution in [3.05, 3.63) is 35.9 Å². The van der Waals surface area contributed by atoms with Crippen LogP contribution in [0.4, 0.5) is 0 Å². The molecule has 1 rings (SSSR count). The summed E-state index contributed by atoms with van der Waals surface area (Å²) < 4.78 is 0. The number of benzene rings is 1. The summed E-state index contributed by atoms with van der Waals surface area (Å²) in [7, 11) is 0. The van der Waals surface area contributed by atoms with Gasteiger partial charge in [0, 0.05) is 17.3 Å². The second-order valence-corrected chi connectivity index (χ2v) is 6.03. The predicted molar refractivity (Wildman–Crippen MR) is 75.4 cm³/mol. The van der Waals surface area contributed by atoms with Gasteiger partial charge in [-0.25, -0.2) is 0 Å². The SMILES string of the molecule is CC(Br)CC(C)NC(=O)CCc1ccccc1. The van der Waals surface area contributed by atoms with E-state index in [0.717, 1.165) is 12.8 Å². The van der Waals surface area contributed by atoms with Crippen molar-refractivity contribution in [2.75, 3.05) is 0 Å². The average molecular weight is 298 g/mol. The number of alkyl halides is 1. The number of carbonyl (C=O) groups is 1. The quantitative estimate of drug-likeness (QED) is 0.802. The van der Waals surface area contributed by atoms with Crippen molar-refractivity contribution in [2.24, 2.45) is 0 Å². The molecule has 0 aliphatic heterocycles. The van der Waals surface area contributed by atoms with Crippen molar-refractivity contribution in [1.82, 2.24) is 5.32 Å². The summed E-state index contributed by atoms with van der Waals surface area (Å²) in [6, 6.07) is 10.3. The van der Waals surface area contributed by atoms with Gasteiger partial charge in [0.05, 0.1) is 0 Å². The molecule has 2 unspecified atom stereocenters. The minimum absolute atomic E-state index is 0.134. The van der Waals surface area contributed by atoms with Gasteiger partial charge in [0.1, 0.15) is 0 Å². The second kappa shape index (κ2) is 7.49. The highest BCUT2D eigenvalue weighted by Gasteiger charge is 2.09. The van der Waals surface area contributed by atoms with Gasteiger partial charge < -0.3 is 5.32 Å². The topological polar surface area (TPSA) is 29.1 Å². The number of amides is 1. The molecule has 0 radical (unpaired) electrons. The maximum Gasteiger partial charge on any atom is 0.220 e. The summed E-state index contributed by atoms with van der Waals surface area (Å²) in [5, 5.41) is 3.01. The van der Waals surface area contributed by atoms with Gasteiger partial charge in [0.15, 0.2) is 0 Å². The molecule has 2 atom stereocenters. The first kappa shape index (κ1) is 14.2. The van der Waals surface area contributed by atoms with E-state index in [0.29, 0.717) is 11.2 Å². The zero-order valence-electron chi connectivity index (χ0n) is 10.4. The molecule has 2 nitrogen and oxygen atoms in total. The van der Waals surface area contributed by atoms with E-state index in [4.69, 9.17) is 0 Å². The Hall–Kier alpha value is -0.830. The zero-order chi connectivity index (χ0) is 12.7. The normalized spacial score (nSPS) is 14.1. The summed E-state index contributed by atoms with van der Waals surface area (Å²) >= 11 is 3.49. The summed E-state index contributed by atoms with van der Waals surface area (Å²) in [4.78, 5) is 12.1. The summed E-state index contributed by atoms with van der Waals surface area (Å²) in [6.07, 6.45) is 2.32. The van der Waals surface area contributed by atoms with Gasteiger partial charge in [-0.3, -0.25) is 4.79 Å². The molecule has 1 aromatic carbocycles. The van der Waals surface area contributed by atoms with E-state index in [9.17, 15) is 4.79 Å². The van der Waals surface area contributed by atoms with E-state index in [-0.39, 0.29) is 11.9 Å². The molecule has 0 heterocycles. The number of aryl methyl sites for hydroxylation is 1. The number of nitrogens with one attached hydrogen (secondary N) is 1. The first-order valence-corrected chi connectivity index (χ1v) is 6.97. The molecule has 1 aromatic rings. The maximum atomic E-state index is 11.7. The standard InChI is InChI=1S/C14H20BrNO/c1-11(15)10-12(2)16-14(17)9-8-13-6-4-3-5-7-13/h3-7,11-12H,8-10H2,1-2H3,(H,16,17). The molecule has 3 heteroatoms. The van der Waals surface area contributed by atoms with Gasteiger partial charge in [-0.2, -0.15) is 0 Å². The van der Waals surface area contributed by atoms with E-state index >= 15 is 0 Å². The monoisotopic (exact) mass is 297 g/mol. The highest BCUT2D eigenvalue weighted by molar-refractivity contribution is 9.09. The average Bonchev–Trinajstić information content (AvgIpc) is 2.26. The Morgan fingerprint density at radius 3 is 2.53 bits per heavy atom. The lowest BCUT2D eigenvalue weighted by atomic mass is 10.1. The lowest BCUT2D eigenvalue weighted by Crippen LogP contribution is -2.33. The smallest absolute Gasteiger partial charge is 0.220 e. The van der Waals surface area contributed by atoms with Crippen molar-refractivity contribution in [1.29, 1.82) is 0 Å². The highest BCUT2D eigenvalue weighted by Crippen LogP contribution is 2.07. The Kier molecular flexibility index (Phi) is 6.27. The molecular weight excluding hydrogens is 278 g/mol. The number of rotatable bonds is 6. The van der Waals surface area contributed by atoms with Gasteiger partial charge in [0.25, 0.3) is 0 Å². The Balaban J connectivity index is 2.26. The summed E-state index contributed by atoms with van der Waals surface area (Å²) in [5.41, 5.74) is 1.21. The molecule has 0 aliphatic carbocycles. The van der Waals surface area contributed by atoms with Gasteiger partial charge in [-0.05, 0) is 25.3 Å². The van der Waals surface area contributed by atoms with Crippen LogP contribution >= 0.6 is 15.9 Å². The van der Waals surface area contributed by atoms with E-state index in [1.165, 1.54) is 5.56 Å². The van der Waals surface area contributed by atoms with Gasteiger partial charge >= 0.3 is 0 Å². The summed E-state index contributed by atoms with van der Waals surface area (Å²) in [6.45, 7) is 4.13. The Bertz CT molecular complexity index is 337. The van der Waals surface area contributed by atoms with Crippen molar-refractivity contribution >= 4 is 21.8 Å². The van der Waals surface area contributed by atoms with Crippen LogP contribution in [0.1, 0.15) is 32.3 Å². The first-order valence-electron chi connectivity index (χ1n) is 6.05. The van der Waals surface area contributed by atoms with Crippen molar-refractivity contribution < 1.29 is 4.79 Å². The van der Waals surface area contributed by atoms with Crippen LogP contribution in [-0.2, 0) is 11.2 Å². The second-order valence-electron chi connectivity index (χ2n) is 4.47. The van der Waals surface area contributed by atoms with Crippen LogP contribution in [0.3, 0.4) is 0 Å². The van der Waals surface area contributed by atoms with E-state index < -0.39 is 0 Å². The van der Waals surface area contributed by atoms with Crippen LogP contribution in [0, 0.1) is 0 Å². The fourth-order valence-electron chi connectivity index (χ4n) is 1.80. The molecule has 1 N–H and O–H groups in total. The molecule has 0 aliphatic rings. The minimum Gasteiger partial charge on any atom is -0.354 e. The summed E-state index contributed by atoms with van der Waals surface area (Å²) in [5.74, 6) is 0.134. The molecule has 0 aromatic heterocycles. The predicted octanol–water partition coefficient (Wildman–Crippen LogP) is 3.30. The van der Waals surface area contributed by atoms with Gasteiger partial charge in [-0.15, -0.1) is 0 Å². The molecule has 94 valence electrons. The van der Waals surface area contributed by atoms with Crippen LogP contribution < -0.4 is 5.32 Å². The maximum absolute atomic E-state index is 11.7. The van der Waals surface area contributed by atoms with Crippen molar-refractivity contribution in [3.63, 3.8) is 0 Å². The number of hydrogen-bond acceptors (Lipinski definition) is 1. The molecule has 0 spiro atoms. The number of halogens is 1. The fraction of sp³-hybridized carbons (Fsp3) is 0.500. The van der Waals surface area contributed by atoms with E-state index in [2.05, 4.69) is 40.3 Å². The number of hydrogen-bond donors (Lipinski definition) is 1. The molecule has 0 saturated carbocycles. The minimum atomic E-state index is 0.134. The first-order chi connectivity index (χ1) is 8.08. The molecule has 0 saturated heterocycles. The lowest BCUT2D eigenvalue weighted by molar-refractivity contribution is -0.121. The molecule has 0 bridgehead atoms. The molecule has 0 fully saturated rings. The lowest BCUT2D eigenvalue weighted by Gasteiger charge is -2.15. The van der Waals surface area contributed by atoms with Crippen LogP contribution in [0.25, 0.3) is 0 Å². The van der Waals surface area contributed by atoms with Crippen LogP contribution in [0.2, 0.25) is 0 Å². The van der Waals surface area contributed by atoms with Crippen molar-refractivity contribution in [3.8, 4) is 0 Å². The van der Waals surface area contributed by atoms with Crippen molar-refractivity contribution in [2.45, 2.75) is 44.0 Å². The molecule has 1 amide bonds. The van der Waals surface area contributed by atoms with Gasteiger partial charge in [-0.1, -0.05) is 53.2 Å². The third kappa shape index (κ3) is 6.47. The zero-order valence-corrected chi connectivity index (χ0v) is 12.0. The van der Waals surface area contributed by atoms with Crippen LogP contribution in [0.15, 0.2) is 30.3 Å². The Morgan fingerprint density at radius 1 is 1.29 bits per heavy atom. The number of carbonyl (C=O) groups excluding carboxylic acids is 1. The highest BCUT2D eigenvalue weighted by atomic mass is 79.9. The fourth-order valence-corrected chi connectivity index (χ4v) is 2.36. The van der Waals surface area contributed by atoms with E-state index in [1.807, 2.05) is 25.1 Å². The Labute approximate surface area is 112 Å². The third-order valence-corrected chi connectivity index (χ3v) is 2.94. The van der Waals surface area contributed by atoms with E-state index in [1.54, 1.807) is 0 Å². The molecule has 17 heavy (non-hydrogen) atoms. The van der Waals surface area contributed by atoms with Crippen LogP contribution in [0.5, 0.6) is 0 Å². The molecular formula is C14H20BrNO. The third-order valence-electron chi connectivity index (χ3n) is 2.57. The van der Waals surface area contributed by atoms with Crippen LogP contribution in [-0.4, -0.2) is 16.8 Å². The Morgan fingerprint density at radius 2 is 1.94 bits per heavy atom. The van der Waals surface area contributed by atoms with Gasteiger partial charge in [0.2, 0.25) is 5.91 Å². The largest absolute Gasteiger partial charge is 0.354 e.